The lowest BCUT2D eigenvalue weighted by molar-refractivity contribution is 1.36. The molecule has 11 aromatic rings. The fraction of sp³-hybridized carbons (Fsp3) is 0. The minimum Gasteiger partial charge on any atom is -0.254 e. The predicted octanol–water partition coefficient (Wildman–Crippen LogP) is 11.6. The van der Waals surface area contributed by atoms with E-state index in [1.54, 1.807) is 0 Å². The molecule has 5 aromatic carbocycles. The number of hydrogen-bond acceptors (Lipinski definition) is 6. The van der Waals surface area contributed by atoms with Crippen LogP contribution in [0.15, 0.2) is 170 Å². The van der Waals surface area contributed by atoms with Gasteiger partial charge in [-0.15, -0.1) is 0 Å². The lowest BCUT2D eigenvalue weighted by Crippen LogP contribution is -1.92. The molecule has 6 heterocycles. The van der Waals surface area contributed by atoms with Crippen molar-refractivity contribution in [3.05, 3.63) is 170 Å². The first kappa shape index (κ1) is 30.2. The molecule has 0 fully saturated rings. The van der Waals surface area contributed by atoms with E-state index in [0.717, 1.165) is 110 Å². The summed E-state index contributed by atoms with van der Waals surface area (Å²) in [5, 5.41) is 6.40. The highest BCUT2D eigenvalue weighted by Crippen LogP contribution is 2.35. The number of benzene rings is 5. The molecule has 6 nitrogen and oxygen atoms in total. The lowest BCUT2D eigenvalue weighted by Gasteiger charge is -2.11. The van der Waals surface area contributed by atoms with Crippen molar-refractivity contribution in [2.45, 2.75) is 0 Å². The predicted molar refractivity (Wildman–Crippen MR) is 220 cm³/mol. The van der Waals surface area contributed by atoms with E-state index in [0.29, 0.717) is 0 Å². The van der Waals surface area contributed by atoms with E-state index in [-0.39, 0.29) is 0 Å². The van der Waals surface area contributed by atoms with Crippen LogP contribution in [0, 0.1) is 0 Å². The number of nitrogens with zero attached hydrogens (tertiary/aromatic N) is 6. The van der Waals surface area contributed by atoms with E-state index < -0.39 is 0 Å². The van der Waals surface area contributed by atoms with Gasteiger partial charge in [-0.05, 0) is 71.8 Å². The Hall–Kier alpha value is -7.44. The molecule has 6 heteroatoms. The van der Waals surface area contributed by atoms with Crippen molar-refractivity contribution in [1.29, 1.82) is 0 Å². The maximum absolute atomic E-state index is 5.20. The van der Waals surface area contributed by atoms with Crippen LogP contribution in [0.2, 0.25) is 0 Å². The van der Waals surface area contributed by atoms with Gasteiger partial charge in [-0.3, -0.25) is 15.0 Å². The average Bonchev–Trinajstić information content (AvgIpc) is 3.25. The summed E-state index contributed by atoms with van der Waals surface area (Å²) in [6.07, 6.45) is 5.46. The standard InChI is InChI=1S/C48H28N6/c1-5-35(25-36(6-1)41-20-18-32-13-12-31-7-2-22-49-45(31)47(32)54-41)40-19-16-29-10-14-33(27-43(29)52-40)34-15-11-30-17-21-42(53-44(30)28-34)39-26-37-8-3-23-50-46(37)48-38(39)9-4-24-51-48/h1-28H. The summed E-state index contributed by atoms with van der Waals surface area (Å²) in [7, 11) is 0. The summed E-state index contributed by atoms with van der Waals surface area (Å²) in [6.45, 7) is 0. The molecular weight excluding hydrogens is 661 g/mol. The van der Waals surface area contributed by atoms with Crippen molar-refractivity contribution >= 4 is 65.4 Å². The molecule has 0 aliphatic carbocycles. The van der Waals surface area contributed by atoms with Crippen LogP contribution in [0.1, 0.15) is 0 Å². The van der Waals surface area contributed by atoms with Gasteiger partial charge in [0, 0.05) is 67.6 Å². The highest BCUT2D eigenvalue weighted by molar-refractivity contribution is 6.10. The van der Waals surface area contributed by atoms with Gasteiger partial charge in [-0.2, -0.15) is 0 Å². The van der Waals surface area contributed by atoms with Crippen molar-refractivity contribution in [2.75, 3.05) is 0 Å². The van der Waals surface area contributed by atoms with Crippen LogP contribution >= 0.6 is 0 Å². The van der Waals surface area contributed by atoms with Gasteiger partial charge in [0.05, 0.1) is 50.2 Å². The second kappa shape index (κ2) is 12.1. The van der Waals surface area contributed by atoms with E-state index in [1.807, 2.05) is 36.8 Å². The van der Waals surface area contributed by atoms with E-state index in [9.17, 15) is 0 Å². The molecule has 0 saturated heterocycles. The Balaban J connectivity index is 0.959. The molecule has 0 radical (unpaired) electrons. The van der Waals surface area contributed by atoms with Crippen molar-refractivity contribution in [3.63, 3.8) is 0 Å². The molecule has 11 rings (SSSR count). The topological polar surface area (TPSA) is 77.3 Å². The summed E-state index contributed by atoms with van der Waals surface area (Å²) < 4.78 is 0. The maximum atomic E-state index is 5.20. The monoisotopic (exact) mass is 688 g/mol. The van der Waals surface area contributed by atoms with Crippen LogP contribution < -0.4 is 0 Å². The van der Waals surface area contributed by atoms with Crippen LogP contribution in [0.5, 0.6) is 0 Å². The van der Waals surface area contributed by atoms with Crippen molar-refractivity contribution in [3.8, 4) is 44.9 Å². The zero-order valence-corrected chi connectivity index (χ0v) is 28.8. The van der Waals surface area contributed by atoms with Crippen LogP contribution in [0.25, 0.3) is 110 Å². The summed E-state index contributed by atoms with van der Waals surface area (Å²) in [5.41, 5.74) is 13.5. The van der Waals surface area contributed by atoms with E-state index in [1.165, 1.54) is 0 Å². The third-order valence-corrected chi connectivity index (χ3v) is 10.3. The van der Waals surface area contributed by atoms with Gasteiger partial charge in [-0.1, -0.05) is 91.0 Å². The fourth-order valence-electron chi connectivity index (χ4n) is 7.62. The van der Waals surface area contributed by atoms with Gasteiger partial charge in [-0.25, -0.2) is 15.0 Å². The molecule has 0 unspecified atom stereocenters. The Morgan fingerprint density at radius 3 is 1.54 bits per heavy atom. The molecule has 0 atom stereocenters. The molecule has 0 spiro atoms. The van der Waals surface area contributed by atoms with E-state index in [2.05, 4.69) is 143 Å². The quantitative estimate of drug-likeness (QED) is 0.171. The lowest BCUT2D eigenvalue weighted by atomic mass is 9.99. The molecule has 0 aliphatic heterocycles. The first-order chi connectivity index (χ1) is 26.7. The molecule has 6 aromatic heterocycles. The minimum absolute atomic E-state index is 0.882. The van der Waals surface area contributed by atoms with Gasteiger partial charge < -0.3 is 0 Å². The smallest absolute Gasteiger partial charge is 0.0972 e. The summed E-state index contributed by atoms with van der Waals surface area (Å²) in [4.78, 5) is 29.4. The summed E-state index contributed by atoms with van der Waals surface area (Å²) in [5.74, 6) is 0. The molecule has 0 bridgehead atoms. The Morgan fingerprint density at radius 1 is 0.296 bits per heavy atom. The largest absolute Gasteiger partial charge is 0.254 e. The maximum Gasteiger partial charge on any atom is 0.0972 e. The van der Waals surface area contributed by atoms with Gasteiger partial charge >= 0.3 is 0 Å². The number of aromatic nitrogens is 6. The van der Waals surface area contributed by atoms with E-state index >= 15 is 0 Å². The first-order valence-electron chi connectivity index (χ1n) is 17.9. The fourth-order valence-corrected chi connectivity index (χ4v) is 7.62. The Bertz CT molecular complexity index is 3300. The van der Waals surface area contributed by atoms with Crippen molar-refractivity contribution in [1.82, 2.24) is 29.9 Å². The van der Waals surface area contributed by atoms with Crippen molar-refractivity contribution in [2.24, 2.45) is 0 Å². The molecule has 0 amide bonds. The number of rotatable bonds is 4. The first-order valence-corrected chi connectivity index (χ1v) is 17.9. The minimum atomic E-state index is 0.882. The Kier molecular flexibility index (Phi) is 6.75. The van der Waals surface area contributed by atoms with Gasteiger partial charge in [0.15, 0.2) is 0 Å². The SMILES string of the molecule is c1cc(-c2ccc3ccc(-c4ccc5ccc(-c6cc7cccnc7c7ncccc67)nc5c4)cc3n2)cc(-c2ccc3ccc4cccnc4c3n2)c1. The van der Waals surface area contributed by atoms with Gasteiger partial charge in [0.2, 0.25) is 0 Å². The van der Waals surface area contributed by atoms with Crippen LogP contribution in [0.4, 0.5) is 0 Å². The molecule has 54 heavy (non-hydrogen) atoms. The zero-order valence-electron chi connectivity index (χ0n) is 28.8. The normalized spacial score (nSPS) is 11.7. The average molecular weight is 689 g/mol. The Morgan fingerprint density at radius 2 is 0.815 bits per heavy atom. The highest BCUT2D eigenvalue weighted by atomic mass is 14.8. The number of hydrogen-bond donors (Lipinski definition) is 0. The molecule has 0 aliphatic rings. The van der Waals surface area contributed by atoms with Gasteiger partial charge in [0.25, 0.3) is 0 Å². The second-order valence-electron chi connectivity index (χ2n) is 13.6. The summed E-state index contributed by atoms with van der Waals surface area (Å²) >= 11 is 0. The highest BCUT2D eigenvalue weighted by Gasteiger charge is 2.13. The third-order valence-electron chi connectivity index (χ3n) is 10.3. The van der Waals surface area contributed by atoms with Gasteiger partial charge in [0.1, 0.15) is 0 Å². The summed E-state index contributed by atoms with van der Waals surface area (Å²) in [6, 6.07) is 52.6. The van der Waals surface area contributed by atoms with Crippen LogP contribution in [0.3, 0.4) is 0 Å². The molecular formula is C48H28N6. The Labute approximate surface area is 309 Å². The number of fused-ring (bicyclic) bond motifs is 8. The van der Waals surface area contributed by atoms with Crippen molar-refractivity contribution < 1.29 is 0 Å². The molecule has 0 N–H and O–H groups in total. The molecule has 0 saturated carbocycles. The van der Waals surface area contributed by atoms with E-state index in [4.69, 9.17) is 19.9 Å². The second-order valence-corrected chi connectivity index (χ2v) is 13.6. The zero-order chi connectivity index (χ0) is 35.6. The van der Waals surface area contributed by atoms with Crippen LogP contribution in [-0.4, -0.2) is 29.9 Å². The van der Waals surface area contributed by atoms with Crippen LogP contribution in [-0.2, 0) is 0 Å². The number of pyridine rings is 6. The molecule has 250 valence electrons. The third kappa shape index (κ3) is 5.04.